The molecule has 1 heterocycles. The molecule has 1 aromatic rings. The SMILES string of the molecule is C=Cc1nocc1C(C)(CCCC)CCCC. The third kappa shape index (κ3) is 3.45. The molecule has 0 radical (unpaired) electrons. The third-order valence-electron chi connectivity index (χ3n) is 3.61. The second-order valence-electron chi connectivity index (χ2n) is 5.09. The van der Waals surface area contributed by atoms with Gasteiger partial charge in [0, 0.05) is 5.56 Å². The van der Waals surface area contributed by atoms with Crippen LogP contribution in [0.1, 0.15) is 70.6 Å². The van der Waals surface area contributed by atoms with Gasteiger partial charge in [-0.3, -0.25) is 0 Å². The van der Waals surface area contributed by atoms with E-state index in [0.717, 1.165) is 5.69 Å². The fourth-order valence-corrected chi connectivity index (χ4v) is 2.37. The highest BCUT2D eigenvalue weighted by Crippen LogP contribution is 2.36. The van der Waals surface area contributed by atoms with Crippen LogP contribution in [0.4, 0.5) is 0 Å². The highest BCUT2D eigenvalue weighted by atomic mass is 16.5. The fourth-order valence-electron chi connectivity index (χ4n) is 2.37. The van der Waals surface area contributed by atoms with Crippen molar-refractivity contribution in [2.75, 3.05) is 0 Å². The molecule has 0 N–H and O–H groups in total. The molecule has 17 heavy (non-hydrogen) atoms. The molecule has 1 rings (SSSR count). The average Bonchev–Trinajstić information content (AvgIpc) is 2.82. The van der Waals surface area contributed by atoms with Gasteiger partial charge in [-0.25, -0.2) is 0 Å². The lowest BCUT2D eigenvalue weighted by atomic mass is 9.74. The molecule has 0 aliphatic heterocycles. The summed E-state index contributed by atoms with van der Waals surface area (Å²) in [5.41, 5.74) is 2.34. The minimum atomic E-state index is 0.190. The molecular formula is C15H25NO. The maximum Gasteiger partial charge on any atom is 0.128 e. The summed E-state index contributed by atoms with van der Waals surface area (Å²) in [4.78, 5) is 0. The lowest BCUT2D eigenvalue weighted by Crippen LogP contribution is -2.22. The molecule has 0 amide bonds. The van der Waals surface area contributed by atoms with Crippen LogP contribution in [0, 0.1) is 0 Å². The van der Waals surface area contributed by atoms with Crippen molar-refractivity contribution < 1.29 is 4.52 Å². The number of rotatable bonds is 8. The summed E-state index contributed by atoms with van der Waals surface area (Å²) in [6.45, 7) is 10.6. The summed E-state index contributed by atoms with van der Waals surface area (Å²) in [7, 11) is 0. The van der Waals surface area contributed by atoms with Gasteiger partial charge in [0.05, 0.1) is 0 Å². The van der Waals surface area contributed by atoms with E-state index >= 15 is 0 Å². The van der Waals surface area contributed by atoms with E-state index in [-0.39, 0.29) is 5.41 Å². The predicted octanol–water partition coefficient (Wildman–Crippen LogP) is 4.96. The Morgan fingerprint density at radius 2 is 1.88 bits per heavy atom. The van der Waals surface area contributed by atoms with Gasteiger partial charge >= 0.3 is 0 Å². The molecular weight excluding hydrogens is 210 g/mol. The Morgan fingerprint density at radius 3 is 2.35 bits per heavy atom. The molecule has 0 bridgehead atoms. The highest BCUT2D eigenvalue weighted by Gasteiger charge is 2.29. The van der Waals surface area contributed by atoms with Crippen LogP contribution < -0.4 is 0 Å². The van der Waals surface area contributed by atoms with Crippen LogP contribution in [-0.2, 0) is 5.41 Å². The number of unbranched alkanes of at least 4 members (excludes halogenated alkanes) is 2. The summed E-state index contributed by atoms with van der Waals surface area (Å²) >= 11 is 0. The van der Waals surface area contributed by atoms with Gasteiger partial charge in [0.15, 0.2) is 0 Å². The van der Waals surface area contributed by atoms with E-state index in [0.29, 0.717) is 0 Å². The lowest BCUT2D eigenvalue weighted by molar-refractivity contribution is 0.367. The smallest absolute Gasteiger partial charge is 0.128 e. The Bertz CT molecular complexity index is 332. The van der Waals surface area contributed by atoms with E-state index in [1.54, 1.807) is 6.08 Å². The first kappa shape index (κ1) is 14.0. The summed E-state index contributed by atoms with van der Waals surface area (Å²) in [5.74, 6) is 0. The Labute approximate surface area is 105 Å². The van der Waals surface area contributed by atoms with Gasteiger partial charge in [0.25, 0.3) is 0 Å². The molecule has 96 valence electrons. The van der Waals surface area contributed by atoms with Gasteiger partial charge in [-0.15, -0.1) is 0 Å². The van der Waals surface area contributed by atoms with Gasteiger partial charge < -0.3 is 4.52 Å². The van der Waals surface area contributed by atoms with Crippen LogP contribution in [0.3, 0.4) is 0 Å². The predicted molar refractivity (Wildman–Crippen MR) is 73.0 cm³/mol. The molecule has 2 nitrogen and oxygen atoms in total. The van der Waals surface area contributed by atoms with Gasteiger partial charge in [-0.1, -0.05) is 58.2 Å². The quantitative estimate of drug-likeness (QED) is 0.636. The second-order valence-corrected chi connectivity index (χ2v) is 5.09. The van der Waals surface area contributed by atoms with E-state index in [1.807, 2.05) is 6.26 Å². The molecule has 0 saturated heterocycles. The normalized spacial score (nSPS) is 11.7. The van der Waals surface area contributed by atoms with Crippen LogP contribution in [0.2, 0.25) is 0 Å². The molecule has 0 saturated carbocycles. The molecule has 0 aromatic carbocycles. The van der Waals surface area contributed by atoms with Crippen LogP contribution >= 0.6 is 0 Å². The maximum absolute atomic E-state index is 5.12. The van der Waals surface area contributed by atoms with Crippen LogP contribution in [0.5, 0.6) is 0 Å². The summed E-state index contributed by atoms with van der Waals surface area (Å²) in [6.07, 6.45) is 11.0. The van der Waals surface area contributed by atoms with E-state index in [2.05, 4.69) is 32.5 Å². The van der Waals surface area contributed by atoms with Crippen molar-refractivity contribution in [1.82, 2.24) is 5.16 Å². The number of aromatic nitrogens is 1. The largest absolute Gasteiger partial charge is 0.364 e. The van der Waals surface area contributed by atoms with E-state index in [9.17, 15) is 0 Å². The Kier molecular flexibility index (Phi) is 5.46. The first-order chi connectivity index (χ1) is 8.18. The molecule has 0 spiro atoms. The summed E-state index contributed by atoms with van der Waals surface area (Å²) in [6, 6.07) is 0. The Morgan fingerprint density at radius 1 is 1.29 bits per heavy atom. The number of nitrogens with zero attached hydrogens (tertiary/aromatic N) is 1. The first-order valence-corrected chi connectivity index (χ1v) is 6.75. The number of hydrogen-bond acceptors (Lipinski definition) is 2. The molecule has 2 heteroatoms. The minimum Gasteiger partial charge on any atom is -0.364 e. The van der Waals surface area contributed by atoms with Crippen molar-refractivity contribution in [3.8, 4) is 0 Å². The molecule has 0 unspecified atom stereocenters. The zero-order valence-corrected chi connectivity index (χ0v) is 11.5. The minimum absolute atomic E-state index is 0.190. The first-order valence-electron chi connectivity index (χ1n) is 6.75. The number of hydrogen-bond donors (Lipinski definition) is 0. The average molecular weight is 235 g/mol. The van der Waals surface area contributed by atoms with E-state index in [1.165, 1.54) is 44.1 Å². The zero-order chi connectivity index (χ0) is 12.7. The fraction of sp³-hybridized carbons (Fsp3) is 0.667. The maximum atomic E-state index is 5.12. The van der Waals surface area contributed by atoms with E-state index < -0.39 is 0 Å². The monoisotopic (exact) mass is 235 g/mol. The topological polar surface area (TPSA) is 26.0 Å². The van der Waals surface area contributed by atoms with Crippen molar-refractivity contribution in [3.05, 3.63) is 24.1 Å². The van der Waals surface area contributed by atoms with Crippen molar-refractivity contribution in [3.63, 3.8) is 0 Å². The second kappa shape index (κ2) is 6.63. The molecule has 0 fully saturated rings. The van der Waals surface area contributed by atoms with Gasteiger partial charge in [-0.2, -0.15) is 0 Å². The van der Waals surface area contributed by atoms with Crippen LogP contribution in [0.15, 0.2) is 17.4 Å². The Balaban J connectivity index is 2.91. The zero-order valence-electron chi connectivity index (χ0n) is 11.5. The molecule has 0 atom stereocenters. The van der Waals surface area contributed by atoms with Crippen LogP contribution in [-0.4, -0.2) is 5.16 Å². The molecule has 0 aliphatic carbocycles. The third-order valence-corrected chi connectivity index (χ3v) is 3.61. The van der Waals surface area contributed by atoms with Crippen molar-refractivity contribution in [2.24, 2.45) is 0 Å². The van der Waals surface area contributed by atoms with Gasteiger partial charge in [0.2, 0.25) is 0 Å². The van der Waals surface area contributed by atoms with Gasteiger partial charge in [-0.05, 0) is 24.3 Å². The molecule has 0 aliphatic rings. The Hall–Kier alpha value is -1.05. The van der Waals surface area contributed by atoms with Crippen molar-refractivity contribution in [2.45, 2.75) is 64.7 Å². The summed E-state index contributed by atoms with van der Waals surface area (Å²) in [5, 5.41) is 4.02. The lowest BCUT2D eigenvalue weighted by Gasteiger charge is -2.29. The van der Waals surface area contributed by atoms with Crippen molar-refractivity contribution >= 4 is 6.08 Å². The highest BCUT2D eigenvalue weighted by molar-refractivity contribution is 5.48. The van der Waals surface area contributed by atoms with Crippen LogP contribution in [0.25, 0.3) is 6.08 Å². The molecule has 1 aromatic heterocycles. The van der Waals surface area contributed by atoms with Gasteiger partial charge in [0.1, 0.15) is 12.0 Å². The van der Waals surface area contributed by atoms with Crippen molar-refractivity contribution in [1.29, 1.82) is 0 Å². The standard InChI is InChI=1S/C15H25NO/c1-5-8-10-15(4,11-9-6-2)13-12-17-16-14(13)7-3/h7,12H,3,5-6,8-11H2,1-2,4H3. The summed E-state index contributed by atoms with van der Waals surface area (Å²) < 4.78 is 5.12. The van der Waals surface area contributed by atoms with E-state index in [4.69, 9.17) is 4.52 Å².